The maximum absolute atomic E-state index is 12.6. The van der Waals surface area contributed by atoms with Gasteiger partial charge in [0.2, 0.25) is 5.91 Å². The molecule has 1 aromatic rings. The Labute approximate surface area is 166 Å². The number of carbonyl (C=O) groups excluding carboxylic acids is 2. The Kier molecular flexibility index (Phi) is 6.78. The first-order valence-electron chi connectivity index (χ1n) is 9.88. The van der Waals surface area contributed by atoms with Crippen molar-refractivity contribution >= 4 is 11.9 Å². The molecule has 0 radical (unpaired) electrons. The smallest absolute Gasteiger partial charge is 0.323 e. The predicted molar refractivity (Wildman–Crippen MR) is 104 cm³/mol. The van der Waals surface area contributed by atoms with Crippen LogP contribution in [0.25, 0.3) is 0 Å². The average Bonchev–Trinajstić information content (AvgIpc) is 3.09. The SMILES string of the molecule is COC(=O)[C@H]1C[C@H]2CCCC[C@H]2N1CC(=O)NCc1ccc(OC)c(OC)c1. The average molecular weight is 390 g/mol. The van der Waals surface area contributed by atoms with Gasteiger partial charge in [-0.25, -0.2) is 0 Å². The molecule has 1 amide bonds. The van der Waals surface area contributed by atoms with Gasteiger partial charge in [-0.1, -0.05) is 18.9 Å². The van der Waals surface area contributed by atoms with Crippen molar-refractivity contribution in [3.63, 3.8) is 0 Å². The lowest BCUT2D eigenvalue weighted by Crippen LogP contribution is -2.47. The Morgan fingerprint density at radius 2 is 1.86 bits per heavy atom. The molecule has 1 heterocycles. The molecule has 1 aliphatic heterocycles. The summed E-state index contributed by atoms with van der Waals surface area (Å²) in [5, 5.41) is 2.96. The topological polar surface area (TPSA) is 77.1 Å². The maximum atomic E-state index is 12.6. The number of amides is 1. The highest BCUT2D eigenvalue weighted by molar-refractivity contribution is 5.81. The van der Waals surface area contributed by atoms with Crippen molar-refractivity contribution in [1.29, 1.82) is 0 Å². The van der Waals surface area contributed by atoms with Gasteiger partial charge in [0.1, 0.15) is 6.04 Å². The molecule has 1 N–H and O–H groups in total. The fourth-order valence-corrected chi connectivity index (χ4v) is 4.56. The summed E-state index contributed by atoms with van der Waals surface area (Å²) >= 11 is 0. The zero-order valence-corrected chi connectivity index (χ0v) is 16.9. The number of benzene rings is 1. The van der Waals surface area contributed by atoms with Gasteiger partial charge < -0.3 is 19.5 Å². The minimum Gasteiger partial charge on any atom is -0.493 e. The van der Waals surface area contributed by atoms with E-state index in [0.717, 1.165) is 31.2 Å². The minimum absolute atomic E-state index is 0.0880. The van der Waals surface area contributed by atoms with Crippen molar-refractivity contribution < 1.29 is 23.8 Å². The van der Waals surface area contributed by atoms with E-state index in [0.29, 0.717) is 30.0 Å². The van der Waals surface area contributed by atoms with E-state index in [1.54, 1.807) is 14.2 Å². The molecule has 1 saturated carbocycles. The summed E-state index contributed by atoms with van der Waals surface area (Å²) in [6.45, 7) is 0.609. The number of ether oxygens (including phenoxy) is 3. The Balaban J connectivity index is 1.61. The highest BCUT2D eigenvalue weighted by Crippen LogP contribution is 2.39. The number of methoxy groups -OCH3 is 3. The van der Waals surface area contributed by atoms with Gasteiger partial charge in [0.25, 0.3) is 0 Å². The van der Waals surface area contributed by atoms with Crippen molar-refractivity contribution in [3.8, 4) is 11.5 Å². The van der Waals surface area contributed by atoms with Crippen molar-refractivity contribution in [2.24, 2.45) is 5.92 Å². The van der Waals surface area contributed by atoms with Crippen molar-refractivity contribution in [2.45, 2.75) is 50.7 Å². The maximum Gasteiger partial charge on any atom is 0.323 e. The molecule has 7 nitrogen and oxygen atoms in total. The number of rotatable bonds is 7. The van der Waals surface area contributed by atoms with Crippen LogP contribution in [0.3, 0.4) is 0 Å². The van der Waals surface area contributed by atoms with Crippen molar-refractivity contribution in [1.82, 2.24) is 10.2 Å². The fraction of sp³-hybridized carbons (Fsp3) is 0.619. The normalized spacial score (nSPS) is 24.3. The first-order chi connectivity index (χ1) is 13.6. The Hall–Kier alpha value is -2.28. The number of hydrogen-bond donors (Lipinski definition) is 1. The number of hydrogen-bond acceptors (Lipinski definition) is 6. The molecule has 2 fully saturated rings. The summed E-state index contributed by atoms with van der Waals surface area (Å²) in [5.41, 5.74) is 0.924. The Morgan fingerprint density at radius 3 is 2.57 bits per heavy atom. The molecule has 28 heavy (non-hydrogen) atoms. The summed E-state index contributed by atoms with van der Waals surface area (Å²) in [6, 6.07) is 5.55. The van der Waals surface area contributed by atoms with E-state index in [1.165, 1.54) is 13.5 Å². The number of nitrogens with one attached hydrogen (secondary N) is 1. The highest BCUT2D eigenvalue weighted by atomic mass is 16.5. The molecule has 2 aliphatic rings. The fourth-order valence-electron chi connectivity index (χ4n) is 4.56. The van der Waals surface area contributed by atoms with Crippen LogP contribution in [0.2, 0.25) is 0 Å². The molecule has 3 atom stereocenters. The van der Waals surface area contributed by atoms with Gasteiger partial charge in [-0.3, -0.25) is 14.5 Å². The van der Waals surface area contributed by atoms with E-state index in [4.69, 9.17) is 14.2 Å². The van der Waals surface area contributed by atoms with Gasteiger partial charge in [0.05, 0.1) is 27.9 Å². The largest absolute Gasteiger partial charge is 0.493 e. The molecule has 0 aromatic heterocycles. The summed E-state index contributed by atoms with van der Waals surface area (Å²) in [7, 11) is 4.59. The lowest BCUT2D eigenvalue weighted by molar-refractivity contribution is -0.146. The number of fused-ring (bicyclic) bond motifs is 1. The summed E-state index contributed by atoms with van der Waals surface area (Å²) in [6.07, 6.45) is 5.32. The molecule has 154 valence electrons. The Bertz CT molecular complexity index is 708. The second kappa shape index (κ2) is 9.28. The zero-order valence-electron chi connectivity index (χ0n) is 16.9. The number of nitrogens with zero attached hydrogens (tertiary/aromatic N) is 1. The third kappa shape index (κ3) is 4.41. The quantitative estimate of drug-likeness (QED) is 0.719. The van der Waals surface area contributed by atoms with Crippen molar-refractivity contribution in [3.05, 3.63) is 23.8 Å². The zero-order chi connectivity index (χ0) is 20.1. The van der Waals surface area contributed by atoms with Crippen LogP contribution in [-0.4, -0.2) is 56.7 Å². The van der Waals surface area contributed by atoms with E-state index in [-0.39, 0.29) is 24.5 Å². The predicted octanol–water partition coefficient (Wildman–Crippen LogP) is 2.13. The van der Waals surface area contributed by atoms with Crippen LogP contribution >= 0.6 is 0 Å². The van der Waals surface area contributed by atoms with Crippen LogP contribution < -0.4 is 14.8 Å². The molecule has 1 aliphatic carbocycles. The van der Waals surface area contributed by atoms with Crippen molar-refractivity contribution in [2.75, 3.05) is 27.9 Å². The Morgan fingerprint density at radius 1 is 1.11 bits per heavy atom. The van der Waals surface area contributed by atoms with Crippen LogP contribution in [0.4, 0.5) is 0 Å². The van der Waals surface area contributed by atoms with Crippen LogP contribution in [0.15, 0.2) is 18.2 Å². The lowest BCUT2D eigenvalue weighted by Gasteiger charge is -2.32. The molecular weight excluding hydrogens is 360 g/mol. The second-order valence-electron chi connectivity index (χ2n) is 7.52. The molecule has 1 aromatic carbocycles. The number of carbonyl (C=O) groups is 2. The van der Waals surface area contributed by atoms with Crippen LogP contribution in [0, 0.1) is 5.92 Å². The first kappa shape index (κ1) is 20.5. The third-order valence-corrected chi connectivity index (χ3v) is 5.96. The molecular formula is C21H30N2O5. The summed E-state index contributed by atoms with van der Waals surface area (Å²) in [5.74, 6) is 1.44. The van der Waals surface area contributed by atoms with E-state index in [1.807, 2.05) is 18.2 Å². The molecule has 1 saturated heterocycles. The van der Waals surface area contributed by atoms with Crippen LogP contribution in [0.5, 0.6) is 11.5 Å². The van der Waals surface area contributed by atoms with E-state index in [2.05, 4.69) is 10.2 Å². The first-order valence-corrected chi connectivity index (χ1v) is 9.88. The monoisotopic (exact) mass is 390 g/mol. The van der Waals surface area contributed by atoms with Gasteiger partial charge in [0.15, 0.2) is 11.5 Å². The number of esters is 1. The third-order valence-electron chi connectivity index (χ3n) is 5.96. The van der Waals surface area contributed by atoms with Gasteiger partial charge in [-0.05, 0) is 42.9 Å². The van der Waals surface area contributed by atoms with E-state index in [9.17, 15) is 9.59 Å². The minimum atomic E-state index is -0.315. The molecule has 0 spiro atoms. The molecule has 0 bridgehead atoms. The van der Waals surface area contributed by atoms with Crippen LogP contribution in [-0.2, 0) is 20.9 Å². The van der Waals surface area contributed by atoms with Gasteiger partial charge >= 0.3 is 5.97 Å². The van der Waals surface area contributed by atoms with Gasteiger partial charge in [-0.15, -0.1) is 0 Å². The standard InChI is InChI=1S/C21H30N2O5/c1-26-18-9-8-14(10-19(18)27-2)12-22-20(24)13-23-16-7-5-4-6-15(16)11-17(23)21(25)28-3/h8-10,15-17H,4-7,11-13H2,1-3H3,(H,22,24)/t15-,16-,17-/m1/s1. The molecule has 3 rings (SSSR count). The highest BCUT2D eigenvalue weighted by Gasteiger charge is 2.46. The van der Waals surface area contributed by atoms with Gasteiger partial charge in [-0.2, -0.15) is 0 Å². The molecule has 7 heteroatoms. The van der Waals surface area contributed by atoms with Crippen LogP contribution in [0.1, 0.15) is 37.7 Å². The van der Waals surface area contributed by atoms with E-state index < -0.39 is 0 Å². The van der Waals surface area contributed by atoms with Gasteiger partial charge in [0, 0.05) is 12.6 Å². The summed E-state index contributed by atoms with van der Waals surface area (Å²) in [4.78, 5) is 26.9. The molecule has 0 unspecified atom stereocenters. The van der Waals surface area contributed by atoms with E-state index >= 15 is 0 Å². The number of likely N-dealkylation sites (tertiary alicyclic amines) is 1. The second-order valence-corrected chi connectivity index (χ2v) is 7.52. The lowest BCUT2D eigenvalue weighted by atomic mass is 9.85. The summed E-state index contributed by atoms with van der Waals surface area (Å²) < 4.78 is 15.5.